The summed E-state index contributed by atoms with van der Waals surface area (Å²) in [5.74, 6) is 0.658. The summed E-state index contributed by atoms with van der Waals surface area (Å²) >= 11 is 0. The maximum absolute atomic E-state index is 11.9. The maximum atomic E-state index is 11.9. The minimum absolute atomic E-state index is 0.126. The van der Waals surface area contributed by atoms with Gasteiger partial charge in [0.1, 0.15) is 0 Å². The molecule has 4 nitrogen and oxygen atoms in total. The summed E-state index contributed by atoms with van der Waals surface area (Å²) < 4.78 is 0. The fourth-order valence-corrected chi connectivity index (χ4v) is 2.56. The molecule has 0 aliphatic heterocycles. The van der Waals surface area contributed by atoms with Crippen molar-refractivity contribution in [3.05, 3.63) is 0 Å². The van der Waals surface area contributed by atoms with Crippen molar-refractivity contribution in [3.8, 4) is 0 Å². The molecule has 2 aliphatic carbocycles. The third-order valence-corrected chi connectivity index (χ3v) is 3.94. The molecule has 0 bridgehead atoms. The fourth-order valence-electron chi connectivity index (χ4n) is 2.56. The van der Waals surface area contributed by atoms with Gasteiger partial charge in [0.15, 0.2) is 0 Å². The SMILES string of the molecule is CCCNC(=O)C1CCC(C(=O)NC2CC2)CC1. The molecule has 0 saturated heterocycles. The van der Waals surface area contributed by atoms with Crippen LogP contribution in [0, 0.1) is 11.8 Å². The highest BCUT2D eigenvalue weighted by Gasteiger charge is 2.32. The summed E-state index contributed by atoms with van der Waals surface area (Å²) in [6.07, 6.45) is 6.70. The Kier molecular flexibility index (Phi) is 4.61. The van der Waals surface area contributed by atoms with Crippen LogP contribution in [-0.4, -0.2) is 24.4 Å². The lowest BCUT2D eigenvalue weighted by molar-refractivity contribution is -0.130. The Balaban J connectivity index is 1.69. The van der Waals surface area contributed by atoms with Crippen molar-refractivity contribution in [3.63, 3.8) is 0 Å². The van der Waals surface area contributed by atoms with E-state index in [9.17, 15) is 9.59 Å². The lowest BCUT2D eigenvalue weighted by Crippen LogP contribution is -2.38. The quantitative estimate of drug-likeness (QED) is 0.781. The van der Waals surface area contributed by atoms with Crippen LogP contribution in [-0.2, 0) is 9.59 Å². The van der Waals surface area contributed by atoms with Crippen molar-refractivity contribution in [1.29, 1.82) is 0 Å². The lowest BCUT2D eigenvalue weighted by atomic mass is 9.81. The number of hydrogen-bond donors (Lipinski definition) is 2. The second-order valence-corrected chi connectivity index (χ2v) is 5.62. The standard InChI is InChI=1S/C14H24N2O2/c1-2-9-15-13(17)10-3-5-11(6-4-10)14(18)16-12-7-8-12/h10-12H,2-9H2,1H3,(H,15,17)(H,16,18). The van der Waals surface area contributed by atoms with Crippen molar-refractivity contribution in [2.24, 2.45) is 11.8 Å². The van der Waals surface area contributed by atoms with Gasteiger partial charge in [-0.05, 0) is 44.9 Å². The molecule has 102 valence electrons. The molecule has 0 heterocycles. The van der Waals surface area contributed by atoms with Gasteiger partial charge < -0.3 is 10.6 Å². The van der Waals surface area contributed by atoms with E-state index in [1.165, 1.54) is 0 Å². The van der Waals surface area contributed by atoms with E-state index in [4.69, 9.17) is 0 Å². The molecule has 0 aromatic heterocycles. The number of amides is 2. The molecule has 0 atom stereocenters. The monoisotopic (exact) mass is 252 g/mol. The molecule has 0 aromatic rings. The van der Waals surface area contributed by atoms with E-state index >= 15 is 0 Å². The zero-order valence-electron chi connectivity index (χ0n) is 11.2. The van der Waals surface area contributed by atoms with Gasteiger partial charge in [-0.15, -0.1) is 0 Å². The predicted octanol–water partition coefficient (Wildman–Crippen LogP) is 1.60. The van der Waals surface area contributed by atoms with E-state index in [2.05, 4.69) is 17.6 Å². The van der Waals surface area contributed by atoms with Crippen molar-refractivity contribution in [1.82, 2.24) is 10.6 Å². The lowest BCUT2D eigenvalue weighted by Gasteiger charge is -2.27. The Labute approximate surface area is 109 Å². The zero-order chi connectivity index (χ0) is 13.0. The summed E-state index contributed by atoms with van der Waals surface area (Å²) in [6.45, 7) is 2.82. The number of hydrogen-bond acceptors (Lipinski definition) is 2. The zero-order valence-corrected chi connectivity index (χ0v) is 11.2. The molecule has 2 N–H and O–H groups in total. The molecular formula is C14H24N2O2. The summed E-state index contributed by atoms with van der Waals surface area (Å²) in [5, 5.41) is 6.01. The second kappa shape index (κ2) is 6.21. The van der Waals surface area contributed by atoms with Gasteiger partial charge in [0, 0.05) is 24.4 Å². The van der Waals surface area contributed by atoms with Crippen molar-refractivity contribution < 1.29 is 9.59 Å². The Morgan fingerprint density at radius 1 is 0.944 bits per heavy atom. The molecule has 18 heavy (non-hydrogen) atoms. The van der Waals surface area contributed by atoms with Crippen molar-refractivity contribution in [2.75, 3.05) is 6.54 Å². The first-order valence-corrected chi connectivity index (χ1v) is 7.28. The van der Waals surface area contributed by atoms with Gasteiger partial charge in [0.2, 0.25) is 11.8 Å². The third kappa shape index (κ3) is 3.72. The van der Waals surface area contributed by atoms with Gasteiger partial charge in [-0.25, -0.2) is 0 Å². The minimum Gasteiger partial charge on any atom is -0.356 e. The van der Waals surface area contributed by atoms with Crippen LogP contribution in [0.25, 0.3) is 0 Å². The van der Waals surface area contributed by atoms with Gasteiger partial charge in [-0.3, -0.25) is 9.59 Å². The highest BCUT2D eigenvalue weighted by molar-refractivity contribution is 5.81. The van der Waals surface area contributed by atoms with Crippen LogP contribution in [0.2, 0.25) is 0 Å². The summed E-state index contributed by atoms with van der Waals surface area (Å²) in [5.41, 5.74) is 0. The molecule has 0 radical (unpaired) electrons. The van der Waals surface area contributed by atoms with Crippen LogP contribution in [0.15, 0.2) is 0 Å². The molecule has 2 aliphatic rings. The van der Waals surface area contributed by atoms with Gasteiger partial charge in [-0.2, -0.15) is 0 Å². The van der Waals surface area contributed by atoms with E-state index in [1.54, 1.807) is 0 Å². The van der Waals surface area contributed by atoms with E-state index < -0.39 is 0 Å². The smallest absolute Gasteiger partial charge is 0.223 e. The largest absolute Gasteiger partial charge is 0.356 e. The normalized spacial score (nSPS) is 27.6. The first-order valence-electron chi connectivity index (χ1n) is 7.28. The second-order valence-electron chi connectivity index (χ2n) is 5.62. The van der Waals surface area contributed by atoms with Gasteiger partial charge in [0.05, 0.1) is 0 Å². The van der Waals surface area contributed by atoms with Gasteiger partial charge in [0.25, 0.3) is 0 Å². The molecule has 0 unspecified atom stereocenters. The van der Waals surface area contributed by atoms with E-state index in [0.29, 0.717) is 6.04 Å². The van der Waals surface area contributed by atoms with Crippen molar-refractivity contribution >= 4 is 11.8 Å². The highest BCUT2D eigenvalue weighted by atomic mass is 16.2. The Morgan fingerprint density at radius 3 is 2.00 bits per heavy atom. The Morgan fingerprint density at radius 2 is 1.50 bits per heavy atom. The van der Waals surface area contributed by atoms with E-state index in [-0.39, 0.29) is 23.7 Å². The first-order chi connectivity index (χ1) is 8.70. The molecule has 2 rings (SSSR count). The Bertz CT molecular complexity index is 305. The minimum atomic E-state index is 0.126. The average molecular weight is 252 g/mol. The summed E-state index contributed by atoms with van der Waals surface area (Å²) in [4.78, 5) is 23.7. The fraction of sp³-hybridized carbons (Fsp3) is 0.857. The summed E-state index contributed by atoms with van der Waals surface area (Å²) in [7, 11) is 0. The van der Waals surface area contributed by atoms with Crippen LogP contribution >= 0.6 is 0 Å². The van der Waals surface area contributed by atoms with Crippen LogP contribution in [0.4, 0.5) is 0 Å². The van der Waals surface area contributed by atoms with Crippen LogP contribution in [0.5, 0.6) is 0 Å². The molecule has 4 heteroatoms. The van der Waals surface area contributed by atoms with Gasteiger partial charge in [-0.1, -0.05) is 6.92 Å². The molecule has 2 fully saturated rings. The molecule has 2 saturated carbocycles. The van der Waals surface area contributed by atoms with Crippen LogP contribution < -0.4 is 10.6 Å². The Hall–Kier alpha value is -1.06. The van der Waals surface area contributed by atoms with E-state index in [0.717, 1.165) is 51.5 Å². The molecular weight excluding hydrogens is 228 g/mol. The first kappa shape index (κ1) is 13.4. The van der Waals surface area contributed by atoms with Gasteiger partial charge >= 0.3 is 0 Å². The molecule has 0 aromatic carbocycles. The highest BCUT2D eigenvalue weighted by Crippen LogP contribution is 2.30. The van der Waals surface area contributed by atoms with Crippen LogP contribution in [0.3, 0.4) is 0 Å². The third-order valence-electron chi connectivity index (χ3n) is 3.94. The maximum Gasteiger partial charge on any atom is 0.223 e. The average Bonchev–Trinajstić information content (AvgIpc) is 3.20. The molecule has 0 spiro atoms. The predicted molar refractivity (Wildman–Crippen MR) is 69.9 cm³/mol. The number of carbonyl (C=O) groups is 2. The van der Waals surface area contributed by atoms with E-state index in [1.807, 2.05) is 0 Å². The topological polar surface area (TPSA) is 58.2 Å². The molecule has 2 amide bonds. The van der Waals surface area contributed by atoms with Crippen LogP contribution in [0.1, 0.15) is 51.9 Å². The number of carbonyl (C=O) groups excluding carboxylic acids is 2. The number of rotatable bonds is 5. The number of nitrogens with one attached hydrogen (secondary N) is 2. The summed E-state index contributed by atoms with van der Waals surface area (Å²) in [6, 6.07) is 0.447. The van der Waals surface area contributed by atoms with Crippen molar-refractivity contribution in [2.45, 2.75) is 57.9 Å².